The number of rotatable bonds is 5. The second-order valence-corrected chi connectivity index (χ2v) is 6.11. The molecule has 3 aromatic rings. The Morgan fingerprint density at radius 2 is 2.16 bits per heavy atom. The zero-order valence-electron chi connectivity index (χ0n) is 13.2. The largest absolute Gasteiger partial charge is 0.550 e. The number of hydrogen-bond donors (Lipinski definition) is 1. The molecule has 6 nitrogen and oxygen atoms in total. The fraction of sp³-hybridized carbons (Fsp3) is 0.111. The van der Waals surface area contributed by atoms with Crippen molar-refractivity contribution in [1.82, 2.24) is 4.98 Å². The smallest absolute Gasteiger partial charge is 0.223 e. The Labute approximate surface area is 151 Å². The Bertz CT molecular complexity index is 944. The van der Waals surface area contributed by atoms with Crippen LogP contribution in [-0.2, 0) is 4.79 Å². The highest BCUT2D eigenvalue weighted by atomic mass is 79.9. The zero-order chi connectivity index (χ0) is 18.0. The zero-order valence-corrected chi connectivity index (χ0v) is 14.7. The molecule has 128 valence electrons. The van der Waals surface area contributed by atoms with E-state index in [-0.39, 0.29) is 18.1 Å². The van der Waals surface area contributed by atoms with Crippen LogP contribution in [0.2, 0.25) is 0 Å². The second kappa shape index (κ2) is 6.98. The summed E-state index contributed by atoms with van der Waals surface area (Å²) >= 11 is 3.37. The summed E-state index contributed by atoms with van der Waals surface area (Å²) < 4.78 is 11.3. The van der Waals surface area contributed by atoms with Crippen molar-refractivity contribution in [2.24, 2.45) is 0 Å². The number of aromatic nitrogens is 1. The Kier molecular flexibility index (Phi) is 4.76. The summed E-state index contributed by atoms with van der Waals surface area (Å²) in [5.74, 6) is -0.843. The number of phenolic OH excluding ortho intramolecular Hbond substituents is 1. The molecule has 0 bridgehead atoms. The van der Waals surface area contributed by atoms with Crippen LogP contribution < -0.4 is 9.84 Å². The van der Waals surface area contributed by atoms with Crippen molar-refractivity contribution in [2.75, 3.05) is 7.11 Å². The molecule has 25 heavy (non-hydrogen) atoms. The highest BCUT2D eigenvalue weighted by Crippen LogP contribution is 2.35. The van der Waals surface area contributed by atoms with Gasteiger partial charge in [-0.1, -0.05) is 28.1 Å². The van der Waals surface area contributed by atoms with E-state index in [2.05, 4.69) is 20.9 Å². The number of aromatic hydroxyl groups is 1. The average molecular weight is 403 g/mol. The molecule has 0 radical (unpaired) electrons. The number of oxazole rings is 1. The van der Waals surface area contributed by atoms with Crippen LogP contribution in [0.25, 0.3) is 22.7 Å². The molecule has 0 atom stereocenters. The number of methoxy groups -OCH3 is 1. The quantitative estimate of drug-likeness (QED) is 0.704. The van der Waals surface area contributed by atoms with Crippen LogP contribution in [0.15, 0.2) is 45.3 Å². The molecule has 0 amide bonds. The minimum Gasteiger partial charge on any atom is -0.550 e. The van der Waals surface area contributed by atoms with Gasteiger partial charge in [0, 0.05) is 22.4 Å². The summed E-state index contributed by atoms with van der Waals surface area (Å²) in [5.41, 5.74) is 2.05. The van der Waals surface area contributed by atoms with Gasteiger partial charge in [0.2, 0.25) is 5.89 Å². The molecule has 0 aliphatic rings. The van der Waals surface area contributed by atoms with Crippen molar-refractivity contribution in [2.45, 2.75) is 6.42 Å². The number of halogens is 1. The summed E-state index contributed by atoms with van der Waals surface area (Å²) in [7, 11) is 1.44. The normalized spacial score (nSPS) is 11.7. The van der Waals surface area contributed by atoms with Gasteiger partial charge in [-0.25, -0.2) is 4.98 Å². The molecular weight excluding hydrogens is 390 g/mol. The van der Waals surface area contributed by atoms with Gasteiger partial charge in [0.05, 0.1) is 7.11 Å². The first-order valence-electron chi connectivity index (χ1n) is 7.31. The molecule has 7 heteroatoms. The van der Waals surface area contributed by atoms with Crippen LogP contribution in [0.5, 0.6) is 11.5 Å². The van der Waals surface area contributed by atoms with E-state index in [4.69, 9.17) is 9.15 Å². The van der Waals surface area contributed by atoms with Crippen molar-refractivity contribution in [3.05, 3.63) is 52.3 Å². The number of ether oxygens (including phenoxy) is 1. The molecule has 1 aromatic heterocycles. The number of fused-ring (bicyclic) bond motifs is 1. The highest BCUT2D eigenvalue weighted by molar-refractivity contribution is 9.10. The molecule has 0 unspecified atom stereocenters. The number of phenols is 1. The Balaban J connectivity index is 2.11. The van der Waals surface area contributed by atoms with Gasteiger partial charge in [0.1, 0.15) is 5.52 Å². The average Bonchev–Trinajstić information content (AvgIpc) is 3.00. The van der Waals surface area contributed by atoms with Crippen LogP contribution in [-0.4, -0.2) is 23.2 Å². The molecule has 1 N–H and O–H groups in total. The second-order valence-electron chi connectivity index (χ2n) is 5.25. The number of carbonyl (C=O) groups is 1. The summed E-state index contributed by atoms with van der Waals surface area (Å²) in [5, 5.41) is 21.1. The molecule has 0 spiro atoms. The summed E-state index contributed by atoms with van der Waals surface area (Å²) in [6, 6.07) is 10.2. The monoisotopic (exact) mass is 402 g/mol. The number of carboxylic acids is 1. The molecular formula is C18H13BrNO5-. The van der Waals surface area contributed by atoms with E-state index < -0.39 is 5.97 Å². The molecule has 0 aliphatic heterocycles. The van der Waals surface area contributed by atoms with Gasteiger partial charge in [-0.05, 0) is 35.9 Å². The summed E-state index contributed by atoms with van der Waals surface area (Å²) in [4.78, 5) is 15.5. The topological polar surface area (TPSA) is 95.6 Å². The number of nitrogens with zero attached hydrogens (tertiary/aromatic N) is 1. The van der Waals surface area contributed by atoms with E-state index in [1.807, 2.05) is 6.07 Å². The first-order valence-corrected chi connectivity index (χ1v) is 8.10. The minimum absolute atomic E-state index is 0.0673. The third kappa shape index (κ3) is 3.66. The molecule has 0 saturated carbocycles. The van der Waals surface area contributed by atoms with Crippen LogP contribution in [0.4, 0.5) is 0 Å². The maximum atomic E-state index is 11.1. The van der Waals surface area contributed by atoms with E-state index in [0.717, 1.165) is 0 Å². The summed E-state index contributed by atoms with van der Waals surface area (Å²) in [6.07, 6.45) is 1.19. The van der Waals surface area contributed by atoms with E-state index in [1.165, 1.54) is 13.2 Å². The predicted molar refractivity (Wildman–Crippen MR) is 93.9 cm³/mol. The van der Waals surface area contributed by atoms with E-state index in [0.29, 0.717) is 32.5 Å². The Morgan fingerprint density at radius 1 is 1.40 bits per heavy atom. The maximum Gasteiger partial charge on any atom is 0.223 e. The van der Waals surface area contributed by atoms with Gasteiger partial charge >= 0.3 is 0 Å². The fourth-order valence-corrected chi connectivity index (χ4v) is 2.81. The van der Waals surface area contributed by atoms with Crippen LogP contribution >= 0.6 is 15.9 Å². The molecule has 3 rings (SSSR count). The minimum atomic E-state index is -1.26. The van der Waals surface area contributed by atoms with Crippen molar-refractivity contribution < 1.29 is 24.2 Å². The standard InChI is InChI=1S/C18H14BrNO5/c1-24-16-9-12(19)10(7-14(16)21)6-11(8-17(22)23)18-20-13-4-2-3-5-15(13)25-18/h2-7,9,21H,8H2,1H3,(H,22,23)/p-1/b11-6+. The van der Waals surface area contributed by atoms with E-state index >= 15 is 0 Å². The SMILES string of the molecule is COc1cc(Br)c(/C=C(\CC(=O)[O-])c2nc3ccccc3o2)cc1O. The lowest BCUT2D eigenvalue weighted by atomic mass is 10.1. The third-order valence-electron chi connectivity index (χ3n) is 3.53. The Hall–Kier alpha value is -2.80. The lowest BCUT2D eigenvalue weighted by Gasteiger charge is -2.09. The van der Waals surface area contributed by atoms with Crippen LogP contribution in [0, 0.1) is 0 Å². The van der Waals surface area contributed by atoms with Crippen LogP contribution in [0.3, 0.4) is 0 Å². The molecule has 1 heterocycles. The predicted octanol–water partition coefficient (Wildman–Crippen LogP) is 2.99. The third-order valence-corrected chi connectivity index (χ3v) is 4.22. The molecule has 0 aliphatic carbocycles. The van der Waals surface area contributed by atoms with Crippen LogP contribution in [0.1, 0.15) is 17.9 Å². The number of para-hydroxylation sites is 2. The number of aliphatic carboxylic acids is 1. The van der Waals surface area contributed by atoms with E-state index in [1.54, 1.807) is 30.3 Å². The number of hydrogen-bond acceptors (Lipinski definition) is 6. The van der Waals surface area contributed by atoms with Gasteiger partial charge < -0.3 is 24.2 Å². The number of benzene rings is 2. The highest BCUT2D eigenvalue weighted by Gasteiger charge is 2.14. The van der Waals surface area contributed by atoms with Crippen molar-refractivity contribution >= 4 is 44.6 Å². The van der Waals surface area contributed by atoms with Crippen molar-refractivity contribution in [3.8, 4) is 11.5 Å². The van der Waals surface area contributed by atoms with Crippen molar-refractivity contribution in [1.29, 1.82) is 0 Å². The van der Waals surface area contributed by atoms with Gasteiger partial charge in [0.15, 0.2) is 17.1 Å². The Morgan fingerprint density at radius 3 is 2.84 bits per heavy atom. The van der Waals surface area contributed by atoms with Gasteiger partial charge in [-0.2, -0.15) is 0 Å². The number of carbonyl (C=O) groups excluding carboxylic acids is 1. The van der Waals surface area contributed by atoms with Gasteiger partial charge in [-0.3, -0.25) is 0 Å². The maximum absolute atomic E-state index is 11.1. The van der Waals surface area contributed by atoms with Gasteiger partial charge in [0.25, 0.3) is 0 Å². The first kappa shape index (κ1) is 17.0. The number of carboxylic acid groups (broad SMARTS) is 1. The summed E-state index contributed by atoms with van der Waals surface area (Å²) in [6.45, 7) is 0. The lowest BCUT2D eigenvalue weighted by Crippen LogP contribution is -2.22. The fourth-order valence-electron chi connectivity index (χ4n) is 2.37. The van der Waals surface area contributed by atoms with E-state index in [9.17, 15) is 15.0 Å². The van der Waals surface area contributed by atoms with Gasteiger partial charge in [-0.15, -0.1) is 0 Å². The lowest BCUT2D eigenvalue weighted by molar-refractivity contribution is -0.304. The van der Waals surface area contributed by atoms with Crippen molar-refractivity contribution in [3.63, 3.8) is 0 Å². The first-order chi connectivity index (χ1) is 12.0. The molecule has 2 aromatic carbocycles. The molecule has 0 fully saturated rings. The molecule has 0 saturated heterocycles.